The first kappa shape index (κ1) is 15.7. The van der Waals surface area contributed by atoms with Crippen molar-refractivity contribution in [3.8, 4) is 0 Å². The zero-order valence-electron chi connectivity index (χ0n) is 11.8. The zero-order valence-corrected chi connectivity index (χ0v) is 11.8. The van der Waals surface area contributed by atoms with Gasteiger partial charge in [-0.2, -0.15) is 0 Å². The van der Waals surface area contributed by atoms with E-state index in [0.29, 0.717) is 0 Å². The predicted octanol–water partition coefficient (Wildman–Crippen LogP) is 1.88. The van der Waals surface area contributed by atoms with Crippen LogP contribution in [0, 0.1) is 5.92 Å². The molecule has 1 N–H and O–H groups in total. The second-order valence-electron chi connectivity index (χ2n) is 5.74. The lowest BCUT2D eigenvalue weighted by Crippen LogP contribution is -2.58. The largest absolute Gasteiger partial charge is 0.465 e. The Morgan fingerprint density at radius 1 is 1.12 bits per heavy atom. The molecule has 0 aromatic carbocycles. The van der Waals surface area contributed by atoms with E-state index in [-0.39, 0.29) is 11.8 Å². The van der Waals surface area contributed by atoms with Crippen molar-refractivity contribution in [2.75, 3.05) is 14.1 Å². The van der Waals surface area contributed by atoms with Crippen molar-refractivity contribution in [1.82, 2.24) is 9.80 Å². The first-order chi connectivity index (χ1) is 7.50. The third-order valence-electron chi connectivity index (χ3n) is 2.53. The molecule has 5 heteroatoms. The summed E-state index contributed by atoms with van der Waals surface area (Å²) in [4.78, 5) is 26.1. The number of nitrogens with zero attached hydrogens (tertiary/aromatic N) is 2. The molecule has 2 amide bonds. The summed E-state index contributed by atoms with van der Waals surface area (Å²) < 4.78 is 0. The van der Waals surface area contributed by atoms with Crippen molar-refractivity contribution in [1.29, 1.82) is 0 Å². The zero-order chi connectivity index (χ0) is 14.0. The van der Waals surface area contributed by atoms with Crippen LogP contribution in [0.5, 0.6) is 0 Å². The van der Waals surface area contributed by atoms with Crippen molar-refractivity contribution < 1.29 is 14.7 Å². The highest BCUT2D eigenvalue weighted by Gasteiger charge is 2.39. The number of hydrogen-bond donors (Lipinski definition) is 1. The second kappa shape index (κ2) is 5.38. The molecule has 0 fully saturated rings. The Labute approximate surface area is 103 Å². The fourth-order valence-corrected chi connectivity index (χ4v) is 1.78. The number of carbonyl (C=O) groups is 2. The molecule has 0 saturated carbocycles. The number of amides is 2. The SMILES string of the molecule is CC(C)[C@@H](C(=O)N(C)C)N(C(=O)O)C(C)(C)C. The minimum Gasteiger partial charge on any atom is -0.465 e. The van der Waals surface area contributed by atoms with E-state index in [4.69, 9.17) is 0 Å². The van der Waals surface area contributed by atoms with Crippen LogP contribution in [-0.4, -0.2) is 52.6 Å². The van der Waals surface area contributed by atoms with Gasteiger partial charge >= 0.3 is 6.09 Å². The number of likely N-dealkylation sites (N-methyl/N-ethyl adjacent to an activating group) is 1. The topological polar surface area (TPSA) is 60.9 Å². The van der Waals surface area contributed by atoms with Crippen molar-refractivity contribution in [3.05, 3.63) is 0 Å². The van der Waals surface area contributed by atoms with Gasteiger partial charge in [-0.05, 0) is 26.7 Å². The lowest BCUT2D eigenvalue weighted by molar-refractivity contribution is -0.137. The van der Waals surface area contributed by atoms with Crippen LogP contribution in [0.15, 0.2) is 0 Å². The monoisotopic (exact) mass is 244 g/mol. The van der Waals surface area contributed by atoms with Crippen LogP contribution in [0.4, 0.5) is 4.79 Å². The van der Waals surface area contributed by atoms with Crippen LogP contribution in [0.25, 0.3) is 0 Å². The fourth-order valence-electron chi connectivity index (χ4n) is 1.78. The summed E-state index contributed by atoms with van der Waals surface area (Å²) in [7, 11) is 3.28. The molecular weight excluding hydrogens is 220 g/mol. The molecule has 0 unspecified atom stereocenters. The van der Waals surface area contributed by atoms with E-state index < -0.39 is 17.7 Å². The number of rotatable bonds is 3. The first-order valence-electron chi connectivity index (χ1n) is 5.73. The smallest absolute Gasteiger partial charge is 0.408 e. The maximum Gasteiger partial charge on any atom is 0.408 e. The fraction of sp³-hybridized carbons (Fsp3) is 0.833. The van der Waals surface area contributed by atoms with Gasteiger partial charge in [0.2, 0.25) is 5.91 Å². The molecule has 0 aliphatic heterocycles. The summed E-state index contributed by atoms with van der Waals surface area (Å²) in [5.74, 6) is -0.252. The molecule has 0 saturated heterocycles. The van der Waals surface area contributed by atoms with E-state index in [2.05, 4.69) is 0 Å². The molecule has 0 bridgehead atoms. The van der Waals surface area contributed by atoms with Crippen LogP contribution >= 0.6 is 0 Å². The molecule has 0 radical (unpaired) electrons. The normalized spacial score (nSPS) is 13.4. The second-order valence-corrected chi connectivity index (χ2v) is 5.74. The standard InChI is InChI=1S/C12H24N2O3/c1-8(2)9(10(15)13(6)7)14(11(16)17)12(3,4)5/h8-9H,1-7H3,(H,16,17)/t9-/m0/s1. The minimum atomic E-state index is -1.06. The van der Waals surface area contributed by atoms with Crippen LogP contribution < -0.4 is 0 Å². The van der Waals surface area contributed by atoms with Gasteiger partial charge in [-0.1, -0.05) is 13.8 Å². The summed E-state index contributed by atoms with van der Waals surface area (Å²) in [6.07, 6.45) is -1.06. The van der Waals surface area contributed by atoms with Gasteiger partial charge in [0.15, 0.2) is 0 Å². The molecule has 0 aromatic heterocycles. The molecule has 0 aromatic rings. The van der Waals surface area contributed by atoms with E-state index in [1.54, 1.807) is 34.9 Å². The van der Waals surface area contributed by atoms with Gasteiger partial charge in [-0.25, -0.2) is 4.79 Å². The summed E-state index contributed by atoms with van der Waals surface area (Å²) in [6, 6.07) is -0.650. The summed E-state index contributed by atoms with van der Waals surface area (Å²) in [6.45, 7) is 9.08. The third-order valence-corrected chi connectivity index (χ3v) is 2.53. The maximum absolute atomic E-state index is 12.1. The van der Waals surface area contributed by atoms with Crippen LogP contribution in [0.3, 0.4) is 0 Å². The van der Waals surface area contributed by atoms with Crippen molar-refractivity contribution in [3.63, 3.8) is 0 Å². The number of hydrogen-bond acceptors (Lipinski definition) is 2. The summed E-state index contributed by atoms with van der Waals surface area (Å²) in [5, 5.41) is 9.31. The van der Waals surface area contributed by atoms with E-state index in [1.165, 1.54) is 9.80 Å². The van der Waals surface area contributed by atoms with Gasteiger partial charge in [0.05, 0.1) is 0 Å². The van der Waals surface area contributed by atoms with Crippen LogP contribution in [0.2, 0.25) is 0 Å². The van der Waals surface area contributed by atoms with E-state index >= 15 is 0 Å². The lowest BCUT2D eigenvalue weighted by atomic mass is 9.95. The van der Waals surface area contributed by atoms with E-state index in [0.717, 1.165) is 0 Å². The third kappa shape index (κ3) is 3.91. The van der Waals surface area contributed by atoms with Crippen molar-refractivity contribution in [2.45, 2.75) is 46.2 Å². The predicted molar refractivity (Wildman–Crippen MR) is 66.9 cm³/mol. The van der Waals surface area contributed by atoms with Crippen LogP contribution in [0.1, 0.15) is 34.6 Å². The molecule has 17 heavy (non-hydrogen) atoms. The minimum absolute atomic E-state index is 0.0692. The van der Waals surface area contributed by atoms with Crippen LogP contribution in [-0.2, 0) is 4.79 Å². The summed E-state index contributed by atoms with van der Waals surface area (Å²) in [5.41, 5.74) is -0.605. The molecule has 0 aliphatic rings. The van der Waals surface area contributed by atoms with Crippen molar-refractivity contribution >= 4 is 12.0 Å². The molecule has 0 heterocycles. The average molecular weight is 244 g/mol. The van der Waals surface area contributed by atoms with Gasteiger partial charge in [0.1, 0.15) is 6.04 Å². The van der Waals surface area contributed by atoms with E-state index in [1.807, 2.05) is 13.8 Å². The quantitative estimate of drug-likeness (QED) is 0.824. The molecule has 0 aliphatic carbocycles. The van der Waals surface area contributed by atoms with Gasteiger partial charge in [-0.3, -0.25) is 9.69 Å². The Hall–Kier alpha value is -1.26. The Balaban J connectivity index is 5.42. The highest BCUT2D eigenvalue weighted by molar-refractivity contribution is 5.85. The van der Waals surface area contributed by atoms with Gasteiger partial charge in [0, 0.05) is 19.6 Å². The Morgan fingerprint density at radius 3 is 1.71 bits per heavy atom. The molecule has 1 atom stereocenters. The highest BCUT2D eigenvalue weighted by atomic mass is 16.4. The number of carboxylic acid groups (broad SMARTS) is 1. The first-order valence-corrected chi connectivity index (χ1v) is 5.73. The maximum atomic E-state index is 12.1. The average Bonchev–Trinajstić information content (AvgIpc) is 2.09. The molecular formula is C12H24N2O3. The van der Waals surface area contributed by atoms with Gasteiger partial charge in [-0.15, -0.1) is 0 Å². The Kier molecular flexibility index (Phi) is 4.98. The Morgan fingerprint density at radius 2 is 1.53 bits per heavy atom. The number of carbonyl (C=O) groups excluding carboxylic acids is 1. The molecule has 5 nitrogen and oxygen atoms in total. The van der Waals surface area contributed by atoms with Gasteiger partial charge in [0.25, 0.3) is 0 Å². The summed E-state index contributed by atoms with van der Waals surface area (Å²) >= 11 is 0. The van der Waals surface area contributed by atoms with Gasteiger partial charge < -0.3 is 10.0 Å². The molecule has 0 rings (SSSR count). The molecule has 100 valence electrons. The molecule has 0 spiro atoms. The van der Waals surface area contributed by atoms with Crippen molar-refractivity contribution in [2.24, 2.45) is 5.92 Å². The van der Waals surface area contributed by atoms with E-state index in [9.17, 15) is 14.7 Å². The highest BCUT2D eigenvalue weighted by Crippen LogP contribution is 2.23. The Bertz CT molecular complexity index is 293. The lowest BCUT2D eigenvalue weighted by Gasteiger charge is -2.41.